The van der Waals surface area contributed by atoms with Crippen molar-refractivity contribution >= 4 is 16.7 Å². The van der Waals surface area contributed by atoms with Crippen molar-refractivity contribution in [2.45, 2.75) is 19.3 Å². The Labute approximate surface area is 148 Å². The van der Waals surface area contributed by atoms with Gasteiger partial charge in [0.05, 0.1) is 6.42 Å². The third-order valence-electron chi connectivity index (χ3n) is 3.85. The zero-order valence-corrected chi connectivity index (χ0v) is 13.7. The van der Waals surface area contributed by atoms with Crippen LogP contribution in [0.1, 0.15) is 11.1 Å². The molecule has 3 rings (SSSR count). The van der Waals surface area contributed by atoms with Crippen molar-refractivity contribution in [1.82, 2.24) is 5.32 Å². The third kappa shape index (κ3) is 4.75. The first-order chi connectivity index (χ1) is 12.4. The van der Waals surface area contributed by atoms with E-state index in [1.807, 2.05) is 42.5 Å². The lowest BCUT2D eigenvalue weighted by atomic mass is 10.0. The van der Waals surface area contributed by atoms with E-state index in [1.54, 1.807) is 6.07 Å². The number of amides is 1. The van der Waals surface area contributed by atoms with E-state index in [0.717, 1.165) is 16.3 Å². The Morgan fingerprint density at radius 1 is 0.923 bits per heavy atom. The molecule has 3 nitrogen and oxygen atoms in total. The highest BCUT2D eigenvalue weighted by molar-refractivity contribution is 5.85. The fourth-order valence-corrected chi connectivity index (χ4v) is 2.66. The Balaban J connectivity index is 1.63. The molecule has 0 bridgehead atoms. The molecule has 6 heteroatoms. The minimum absolute atomic E-state index is 0.0430. The van der Waals surface area contributed by atoms with Crippen LogP contribution in [0.3, 0.4) is 0 Å². The maximum Gasteiger partial charge on any atom is 0.573 e. The minimum Gasteiger partial charge on any atom is -0.405 e. The zero-order chi connectivity index (χ0) is 18.6. The van der Waals surface area contributed by atoms with Gasteiger partial charge in [-0.1, -0.05) is 60.7 Å². The molecule has 0 atom stereocenters. The van der Waals surface area contributed by atoms with Crippen LogP contribution in [-0.4, -0.2) is 12.3 Å². The summed E-state index contributed by atoms with van der Waals surface area (Å²) in [5, 5.41) is 4.74. The molecule has 1 N–H and O–H groups in total. The standard InChI is InChI=1S/C20H16F3NO2/c21-20(22,23)26-18-8-4-3-7-17(18)13-24-19(25)12-14-9-10-15-5-1-2-6-16(15)11-14/h1-11H,12-13H2,(H,24,25). The highest BCUT2D eigenvalue weighted by Gasteiger charge is 2.31. The Kier molecular flexibility index (Phi) is 5.11. The Morgan fingerprint density at radius 2 is 1.62 bits per heavy atom. The molecule has 1 amide bonds. The van der Waals surface area contributed by atoms with Crippen molar-refractivity contribution in [2.24, 2.45) is 0 Å². The van der Waals surface area contributed by atoms with Gasteiger partial charge in [0.25, 0.3) is 0 Å². The second-order valence-electron chi connectivity index (χ2n) is 5.79. The number of carbonyl (C=O) groups is 1. The number of carbonyl (C=O) groups excluding carboxylic acids is 1. The Bertz CT molecular complexity index is 922. The van der Waals surface area contributed by atoms with Crippen LogP contribution in [0.4, 0.5) is 13.2 Å². The van der Waals surface area contributed by atoms with Gasteiger partial charge in [-0.3, -0.25) is 4.79 Å². The van der Waals surface area contributed by atoms with Gasteiger partial charge in [-0.15, -0.1) is 13.2 Å². The molecular weight excluding hydrogens is 343 g/mol. The number of alkyl halides is 3. The summed E-state index contributed by atoms with van der Waals surface area (Å²) in [4.78, 5) is 12.1. The van der Waals surface area contributed by atoms with Crippen molar-refractivity contribution in [1.29, 1.82) is 0 Å². The number of para-hydroxylation sites is 1. The molecule has 0 aliphatic carbocycles. The first kappa shape index (κ1) is 17.8. The van der Waals surface area contributed by atoms with E-state index in [0.29, 0.717) is 0 Å². The number of halogens is 3. The van der Waals surface area contributed by atoms with E-state index in [1.165, 1.54) is 18.2 Å². The monoisotopic (exact) mass is 359 g/mol. The SMILES string of the molecule is O=C(Cc1ccc2ccccc2c1)NCc1ccccc1OC(F)(F)F. The Morgan fingerprint density at radius 3 is 2.38 bits per heavy atom. The fourth-order valence-electron chi connectivity index (χ4n) is 2.66. The van der Waals surface area contributed by atoms with Crippen LogP contribution < -0.4 is 10.1 Å². The predicted molar refractivity (Wildman–Crippen MR) is 92.6 cm³/mol. The lowest BCUT2D eigenvalue weighted by Crippen LogP contribution is -2.25. The van der Waals surface area contributed by atoms with Crippen molar-refractivity contribution < 1.29 is 22.7 Å². The molecule has 0 fully saturated rings. The average molecular weight is 359 g/mol. The minimum atomic E-state index is -4.77. The summed E-state index contributed by atoms with van der Waals surface area (Å²) in [5.41, 5.74) is 1.10. The number of fused-ring (bicyclic) bond motifs is 1. The third-order valence-corrected chi connectivity index (χ3v) is 3.85. The van der Waals surface area contributed by atoms with E-state index in [4.69, 9.17) is 0 Å². The number of nitrogens with one attached hydrogen (secondary N) is 1. The van der Waals surface area contributed by atoms with E-state index >= 15 is 0 Å². The van der Waals surface area contributed by atoms with Crippen LogP contribution in [-0.2, 0) is 17.8 Å². The highest BCUT2D eigenvalue weighted by Crippen LogP contribution is 2.26. The molecule has 0 aliphatic rings. The molecule has 0 heterocycles. The van der Waals surface area contributed by atoms with Gasteiger partial charge in [0, 0.05) is 12.1 Å². The normalized spacial score (nSPS) is 11.3. The number of hydrogen-bond acceptors (Lipinski definition) is 2. The molecule has 3 aromatic carbocycles. The summed E-state index contributed by atoms with van der Waals surface area (Å²) in [5.74, 6) is -0.590. The molecule has 0 unspecified atom stereocenters. The first-order valence-corrected chi connectivity index (χ1v) is 7.99. The van der Waals surface area contributed by atoms with Crippen LogP contribution >= 0.6 is 0 Å². The van der Waals surface area contributed by atoms with Gasteiger partial charge in [0.1, 0.15) is 5.75 Å². The van der Waals surface area contributed by atoms with Gasteiger partial charge in [-0.25, -0.2) is 0 Å². The molecule has 0 saturated heterocycles. The van der Waals surface area contributed by atoms with Crippen LogP contribution in [0.5, 0.6) is 5.75 Å². The van der Waals surface area contributed by atoms with Crippen molar-refractivity contribution in [3.8, 4) is 5.75 Å². The van der Waals surface area contributed by atoms with Gasteiger partial charge in [0.2, 0.25) is 5.91 Å². The van der Waals surface area contributed by atoms with Crippen LogP contribution in [0, 0.1) is 0 Å². The van der Waals surface area contributed by atoms with E-state index in [9.17, 15) is 18.0 Å². The number of rotatable bonds is 5. The lowest BCUT2D eigenvalue weighted by Gasteiger charge is -2.13. The maximum absolute atomic E-state index is 12.4. The molecule has 0 spiro atoms. The largest absolute Gasteiger partial charge is 0.573 e. The Hall–Kier alpha value is -3.02. The predicted octanol–water partition coefficient (Wildman–Crippen LogP) is 4.60. The van der Waals surface area contributed by atoms with Crippen molar-refractivity contribution in [3.05, 3.63) is 77.9 Å². The van der Waals surface area contributed by atoms with Gasteiger partial charge < -0.3 is 10.1 Å². The van der Waals surface area contributed by atoms with E-state index in [2.05, 4.69) is 10.1 Å². The molecule has 3 aromatic rings. The molecule has 0 aromatic heterocycles. The second kappa shape index (κ2) is 7.47. The number of hydrogen-bond donors (Lipinski definition) is 1. The van der Waals surface area contributed by atoms with Crippen LogP contribution in [0.15, 0.2) is 66.7 Å². The molecular formula is C20H16F3NO2. The highest BCUT2D eigenvalue weighted by atomic mass is 19.4. The fraction of sp³-hybridized carbons (Fsp3) is 0.150. The van der Waals surface area contributed by atoms with Crippen LogP contribution in [0.25, 0.3) is 10.8 Å². The number of ether oxygens (including phenoxy) is 1. The summed E-state index contributed by atoms with van der Waals surface area (Å²) in [6.07, 6.45) is -4.63. The molecule has 0 saturated carbocycles. The van der Waals surface area contributed by atoms with Gasteiger partial charge in [0.15, 0.2) is 0 Å². The zero-order valence-electron chi connectivity index (χ0n) is 13.7. The van der Waals surface area contributed by atoms with E-state index in [-0.39, 0.29) is 30.2 Å². The maximum atomic E-state index is 12.4. The summed E-state index contributed by atoms with van der Waals surface area (Å²) in [6.45, 7) is -0.0430. The number of benzene rings is 3. The topological polar surface area (TPSA) is 38.3 Å². The van der Waals surface area contributed by atoms with Gasteiger partial charge in [-0.2, -0.15) is 0 Å². The van der Waals surface area contributed by atoms with Crippen LogP contribution in [0.2, 0.25) is 0 Å². The van der Waals surface area contributed by atoms with Gasteiger partial charge in [-0.05, 0) is 22.4 Å². The summed E-state index contributed by atoms with van der Waals surface area (Å²) >= 11 is 0. The van der Waals surface area contributed by atoms with Crippen molar-refractivity contribution in [2.75, 3.05) is 0 Å². The smallest absolute Gasteiger partial charge is 0.405 e. The first-order valence-electron chi connectivity index (χ1n) is 7.99. The molecule has 134 valence electrons. The molecule has 0 aliphatic heterocycles. The van der Waals surface area contributed by atoms with Gasteiger partial charge >= 0.3 is 6.36 Å². The van der Waals surface area contributed by atoms with Crippen molar-refractivity contribution in [3.63, 3.8) is 0 Å². The summed E-state index contributed by atoms with van der Waals surface area (Å²) < 4.78 is 41.3. The summed E-state index contributed by atoms with van der Waals surface area (Å²) in [6, 6.07) is 19.3. The quantitative estimate of drug-likeness (QED) is 0.723. The average Bonchev–Trinajstić information content (AvgIpc) is 2.59. The molecule has 0 radical (unpaired) electrons. The molecule has 26 heavy (non-hydrogen) atoms. The summed E-state index contributed by atoms with van der Waals surface area (Å²) in [7, 11) is 0. The second-order valence-corrected chi connectivity index (χ2v) is 5.79. The van der Waals surface area contributed by atoms with E-state index < -0.39 is 6.36 Å². The lowest BCUT2D eigenvalue weighted by molar-refractivity contribution is -0.274.